The van der Waals surface area contributed by atoms with Gasteiger partial charge in [0.2, 0.25) is 0 Å². The van der Waals surface area contributed by atoms with E-state index in [2.05, 4.69) is 36.2 Å². The molecule has 0 unspecified atom stereocenters. The van der Waals surface area contributed by atoms with Crippen LogP contribution in [0.15, 0.2) is 42.9 Å². The third-order valence-corrected chi connectivity index (χ3v) is 4.74. The number of halogens is 1. The Kier molecular flexibility index (Phi) is 4.83. The predicted molar refractivity (Wildman–Crippen MR) is 103 cm³/mol. The van der Waals surface area contributed by atoms with Gasteiger partial charge < -0.3 is 0 Å². The summed E-state index contributed by atoms with van der Waals surface area (Å²) in [5.74, 6) is 1.79. The van der Waals surface area contributed by atoms with Crippen molar-refractivity contribution >= 4 is 23.4 Å². The molecule has 0 amide bonds. The summed E-state index contributed by atoms with van der Waals surface area (Å²) in [4.78, 5) is 15.6. The third-order valence-electron chi connectivity index (χ3n) is 4.74. The lowest BCUT2D eigenvalue weighted by atomic mass is 10.2. The molecule has 0 aliphatic carbocycles. The van der Waals surface area contributed by atoms with Gasteiger partial charge in [-0.2, -0.15) is 10.2 Å². The number of fused-ring (bicyclic) bond motifs is 2. The van der Waals surface area contributed by atoms with Crippen LogP contribution < -0.4 is 0 Å². The Morgan fingerprint density at radius 1 is 1.07 bits per heavy atom. The van der Waals surface area contributed by atoms with E-state index < -0.39 is 0 Å². The Morgan fingerprint density at radius 2 is 2.00 bits per heavy atom. The maximum absolute atomic E-state index is 4.72. The van der Waals surface area contributed by atoms with Gasteiger partial charge in [-0.15, -0.1) is 12.4 Å². The van der Waals surface area contributed by atoms with Crippen molar-refractivity contribution in [2.75, 3.05) is 13.1 Å². The van der Waals surface area contributed by atoms with Gasteiger partial charge in [0.15, 0.2) is 11.5 Å². The second-order valence-corrected chi connectivity index (χ2v) is 6.42. The van der Waals surface area contributed by atoms with Gasteiger partial charge in [-0.05, 0) is 24.3 Å². The maximum Gasteiger partial charge on any atom is 0.182 e. The highest BCUT2D eigenvalue weighted by molar-refractivity contribution is 5.85. The number of nitrogens with one attached hydrogen (secondary N) is 1. The van der Waals surface area contributed by atoms with E-state index in [1.165, 1.54) is 0 Å². The average Bonchev–Trinajstić information content (AvgIpc) is 3.24. The van der Waals surface area contributed by atoms with E-state index in [0.29, 0.717) is 0 Å². The fourth-order valence-corrected chi connectivity index (χ4v) is 3.37. The van der Waals surface area contributed by atoms with Gasteiger partial charge in [0.05, 0.1) is 12.2 Å². The number of pyridine rings is 2. The summed E-state index contributed by atoms with van der Waals surface area (Å²) < 4.78 is 2.02. The quantitative estimate of drug-likeness (QED) is 0.583. The first-order chi connectivity index (χ1) is 12.9. The standard InChI is InChI=1S/C18H18N8.ClH/c1-3-13(11-19-6-1)17-21-16-5-8-25(9-10-26(16)24-17)12-15-14-4-2-7-20-18(14)23-22-15;/h1-4,6-7,11H,5,8-10,12H2,(H,20,22,23);1H. The fraction of sp³-hybridized carbons (Fsp3) is 0.278. The summed E-state index contributed by atoms with van der Waals surface area (Å²) in [6, 6.07) is 7.91. The van der Waals surface area contributed by atoms with Crippen LogP contribution in [-0.4, -0.2) is 52.9 Å². The summed E-state index contributed by atoms with van der Waals surface area (Å²) in [6.45, 7) is 3.50. The lowest BCUT2D eigenvalue weighted by Crippen LogP contribution is -2.27. The Balaban J connectivity index is 0.00000180. The van der Waals surface area contributed by atoms with Crippen LogP contribution in [0.2, 0.25) is 0 Å². The number of H-pyrrole nitrogens is 1. The zero-order valence-electron chi connectivity index (χ0n) is 14.6. The molecule has 0 radical (unpaired) electrons. The summed E-state index contributed by atoms with van der Waals surface area (Å²) in [7, 11) is 0. The number of hydrogen-bond acceptors (Lipinski definition) is 6. The van der Waals surface area contributed by atoms with Crippen LogP contribution in [0.5, 0.6) is 0 Å². The molecule has 1 aliphatic rings. The lowest BCUT2D eigenvalue weighted by molar-refractivity contribution is 0.266. The minimum Gasteiger partial charge on any atom is -0.295 e. The van der Waals surface area contributed by atoms with Crippen LogP contribution in [0.25, 0.3) is 22.4 Å². The molecule has 138 valence electrons. The van der Waals surface area contributed by atoms with Gasteiger partial charge in [-0.3, -0.25) is 15.0 Å². The predicted octanol–water partition coefficient (Wildman–Crippen LogP) is 2.09. The summed E-state index contributed by atoms with van der Waals surface area (Å²) in [6.07, 6.45) is 6.21. The van der Waals surface area contributed by atoms with Crippen molar-refractivity contribution in [3.8, 4) is 11.4 Å². The Bertz CT molecular complexity index is 1020. The van der Waals surface area contributed by atoms with Gasteiger partial charge in [-0.1, -0.05) is 0 Å². The van der Waals surface area contributed by atoms with Crippen molar-refractivity contribution in [3.05, 3.63) is 54.4 Å². The number of aromatic amines is 1. The van der Waals surface area contributed by atoms with Crippen LogP contribution in [0.3, 0.4) is 0 Å². The molecule has 5 heterocycles. The first-order valence-corrected chi connectivity index (χ1v) is 8.71. The number of hydrogen-bond donors (Lipinski definition) is 1. The summed E-state index contributed by atoms with van der Waals surface area (Å²) >= 11 is 0. The largest absolute Gasteiger partial charge is 0.295 e. The highest BCUT2D eigenvalue weighted by Gasteiger charge is 2.19. The normalized spacial score (nSPS) is 14.5. The first kappa shape index (κ1) is 17.6. The molecular formula is C18H19ClN8. The van der Waals surface area contributed by atoms with Gasteiger partial charge in [-0.25, -0.2) is 14.6 Å². The summed E-state index contributed by atoms with van der Waals surface area (Å²) in [5, 5.41) is 13.2. The van der Waals surface area contributed by atoms with Crippen molar-refractivity contribution in [2.24, 2.45) is 0 Å². The van der Waals surface area contributed by atoms with E-state index in [-0.39, 0.29) is 12.4 Å². The van der Waals surface area contributed by atoms with Gasteiger partial charge in [0, 0.05) is 55.6 Å². The molecule has 9 heteroatoms. The number of rotatable bonds is 3. The van der Waals surface area contributed by atoms with Crippen LogP contribution >= 0.6 is 12.4 Å². The SMILES string of the molecule is Cl.c1cncc(-c2nc3n(n2)CCN(Cc2[nH]nc4ncccc24)CC3)c1. The minimum atomic E-state index is 0. The molecule has 8 nitrogen and oxygen atoms in total. The van der Waals surface area contributed by atoms with Crippen molar-refractivity contribution in [2.45, 2.75) is 19.5 Å². The highest BCUT2D eigenvalue weighted by atomic mass is 35.5. The molecule has 0 atom stereocenters. The molecule has 0 fully saturated rings. The second kappa shape index (κ2) is 7.42. The van der Waals surface area contributed by atoms with Crippen LogP contribution in [0, 0.1) is 0 Å². The zero-order chi connectivity index (χ0) is 17.3. The number of aromatic nitrogens is 7. The topological polar surface area (TPSA) is 88.4 Å². The molecule has 4 aromatic heterocycles. The van der Waals surface area contributed by atoms with Gasteiger partial charge >= 0.3 is 0 Å². The molecule has 0 spiro atoms. The Morgan fingerprint density at radius 3 is 2.89 bits per heavy atom. The monoisotopic (exact) mass is 382 g/mol. The molecule has 0 bridgehead atoms. The lowest BCUT2D eigenvalue weighted by Gasteiger charge is -2.18. The van der Waals surface area contributed by atoms with Crippen molar-refractivity contribution < 1.29 is 0 Å². The molecule has 4 aromatic rings. The van der Waals surface area contributed by atoms with Crippen molar-refractivity contribution in [1.29, 1.82) is 0 Å². The summed E-state index contributed by atoms with van der Waals surface area (Å²) in [5.41, 5.74) is 2.84. The van der Waals surface area contributed by atoms with Crippen LogP contribution in [0.1, 0.15) is 11.5 Å². The van der Waals surface area contributed by atoms with E-state index in [9.17, 15) is 0 Å². The third kappa shape index (κ3) is 3.41. The van der Waals surface area contributed by atoms with E-state index in [0.717, 1.165) is 66.5 Å². The maximum atomic E-state index is 4.72. The van der Waals surface area contributed by atoms with Gasteiger partial charge in [0.1, 0.15) is 5.82 Å². The fourth-order valence-electron chi connectivity index (χ4n) is 3.37. The van der Waals surface area contributed by atoms with E-state index in [1.807, 2.05) is 22.9 Å². The van der Waals surface area contributed by atoms with Gasteiger partial charge in [0.25, 0.3) is 0 Å². The van der Waals surface area contributed by atoms with Crippen molar-refractivity contribution in [3.63, 3.8) is 0 Å². The molecule has 5 rings (SSSR count). The molecular weight excluding hydrogens is 364 g/mol. The zero-order valence-corrected chi connectivity index (χ0v) is 15.4. The molecule has 0 aromatic carbocycles. The van der Waals surface area contributed by atoms with Crippen molar-refractivity contribution in [1.82, 2.24) is 39.8 Å². The van der Waals surface area contributed by atoms with Crippen LogP contribution in [0.4, 0.5) is 0 Å². The Hall–Kier alpha value is -2.84. The van der Waals surface area contributed by atoms with E-state index in [1.54, 1.807) is 18.6 Å². The number of nitrogens with zero attached hydrogens (tertiary/aromatic N) is 7. The molecule has 0 saturated carbocycles. The van der Waals surface area contributed by atoms with E-state index in [4.69, 9.17) is 4.98 Å². The first-order valence-electron chi connectivity index (χ1n) is 8.71. The second-order valence-electron chi connectivity index (χ2n) is 6.42. The molecule has 1 aliphatic heterocycles. The molecule has 0 saturated heterocycles. The Labute approximate surface area is 162 Å². The molecule has 1 N–H and O–H groups in total. The van der Waals surface area contributed by atoms with Crippen LogP contribution in [-0.2, 0) is 19.5 Å². The smallest absolute Gasteiger partial charge is 0.182 e. The van der Waals surface area contributed by atoms with E-state index >= 15 is 0 Å². The average molecular weight is 383 g/mol. The molecule has 27 heavy (non-hydrogen) atoms. The minimum absolute atomic E-state index is 0. The highest BCUT2D eigenvalue weighted by Crippen LogP contribution is 2.18.